The molecule has 27 heavy (non-hydrogen) atoms. The smallest absolute Gasteiger partial charge is 0.277 e. The van der Waals surface area contributed by atoms with Gasteiger partial charge in [0, 0.05) is 16.3 Å². The van der Waals surface area contributed by atoms with Crippen molar-refractivity contribution in [2.24, 2.45) is 0 Å². The molecule has 0 radical (unpaired) electrons. The monoisotopic (exact) mass is 400 g/mol. The number of nitrogens with one attached hydrogen (secondary N) is 2. The molecule has 1 heterocycles. The number of hydrogen-bond acceptors (Lipinski definition) is 5. The van der Waals surface area contributed by atoms with Crippen LogP contribution in [-0.4, -0.2) is 15.9 Å². The fourth-order valence-electron chi connectivity index (χ4n) is 2.28. The number of carbonyl (C=O) groups excluding carboxylic acids is 1. The van der Waals surface area contributed by atoms with E-state index in [4.69, 9.17) is 17.3 Å². The minimum atomic E-state index is -0.499. The van der Waals surface area contributed by atoms with Gasteiger partial charge in [-0.15, -0.1) is 0 Å². The number of thioether (sulfide) groups is 1. The topological polar surface area (TPSA) is 101 Å². The van der Waals surface area contributed by atoms with E-state index < -0.39 is 11.5 Å². The Labute approximate surface area is 165 Å². The van der Waals surface area contributed by atoms with E-state index in [1.807, 2.05) is 31.2 Å². The standard InChI is InChI=1S/C19H17ClN4O2S/c1-11-2-6-13(7-3-11)17(25)22-15-16(21)23-19(24-18(15)26)27-10-12-4-8-14(20)9-5-12/h2-9H,10H2,1H3,(H,22,25)(H3,21,23,24,26). The molecule has 3 aromatic rings. The van der Waals surface area contributed by atoms with E-state index in [0.29, 0.717) is 21.5 Å². The molecule has 0 spiro atoms. The fraction of sp³-hybridized carbons (Fsp3) is 0.105. The van der Waals surface area contributed by atoms with E-state index >= 15 is 0 Å². The van der Waals surface area contributed by atoms with Gasteiger partial charge in [-0.1, -0.05) is 53.2 Å². The number of benzene rings is 2. The van der Waals surface area contributed by atoms with E-state index in [2.05, 4.69) is 15.3 Å². The molecule has 8 heteroatoms. The molecule has 6 nitrogen and oxygen atoms in total. The van der Waals surface area contributed by atoms with Gasteiger partial charge in [0.15, 0.2) is 11.0 Å². The van der Waals surface area contributed by atoms with Crippen molar-refractivity contribution in [2.45, 2.75) is 17.8 Å². The summed E-state index contributed by atoms with van der Waals surface area (Å²) < 4.78 is 0. The highest BCUT2D eigenvalue weighted by atomic mass is 35.5. The first kappa shape index (κ1) is 19.0. The molecule has 1 aromatic heterocycles. The van der Waals surface area contributed by atoms with Crippen LogP contribution in [0.4, 0.5) is 11.5 Å². The van der Waals surface area contributed by atoms with E-state index in [-0.39, 0.29) is 11.5 Å². The van der Waals surface area contributed by atoms with Gasteiger partial charge in [0.05, 0.1) is 0 Å². The average molecular weight is 401 g/mol. The van der Waals surface area contributed by atoms with Crippen molar-refractivity contribution in [3.05, 3.63) is 80.6 Å². The molecule has 2 aromatic carbocycles. The molecule has 138 valence electrons. The molecule has 0 aliphatic heterocycles. The van der Waals surface area contributed by atoms with Crippen LogP contribution in [0.15, 0.2) is 58.5 Å². The Balaban J connectivity index is 1.72. The maximum Gasteiger partial charge on any atom is 0.277 e. The Morgan fingerprint density at radius 3 is 2.48 bits per heavy atom. The number of carbonyl (C=O) groups is 1. The zero-order valence-electron chi connectivity index (χ0n) is 14.5. The number of nitrogens with zero attached hydrogens (tertiary/aromatic N) is 1. The third kappa shape index (κ3) is 4.90. The van der Waals surface area contributed by atoms with E-state index in [9.17, 15) is 9.59 Å². The number of nitrogen functional groups attached to an aromatic ring is 1. The van der Waals surface area contributed by atoms with Gasteiger partial charge in [0.25, 0.3) is 11.5 Å². The lowest BCUT2D eigenvalue weighted by Gasteiger charge is -2.09. The van der Waals surface area contributed by atoms with Gasteiger partial charge < -0.3 is 11.1 Å². The van der Waals surface area contributed by atoms with Crippen molar-refractivity contribution in [2.75, 3.05) is 11.1 Å². The summed E-state index contributed by atoms with van der Waals surface area (Å²) in [5.41, 5.74) is 7.82. The number of hydrogen-bond donors (Lipinski definition) is 3. The lowest BCUT2D eigenvalue weighted by atomic mass is 10.1. The highest BCUT2D eigenvalue weighted by molar-refractivity contribution is 7.98. The molecule has 0 bridgehead atoms. The average Bonchev–Trinajstić information content (AvgIpc) is 2.64. The molecular formula is C19H17ClN4O2S. The SMILES string of the molecule is Cc1ccc(C(=O)Nc2c(N)nc(SCc3ccc(Cl)cc3)[nH]c2=O)cc1. The number of halogens is 1. The zero-order valence-corrected chi connectivity index (χ0v) is 16.0. The molecule has 0 saturated carbocycles. The van der Waals surface area contributed by atoms with Crippen molar-refractivity contribution in [1.82, 2.24) is 9.97 Å². The van der Waals surface area contributed by atoms with Crippen LogP contribution in [0.2, 0.25) is 5.02 Å². The highest BCUT2D eigenvalue weighted by Crippen LogP contribution is 2.22. The Morgan fingerprint density at radius 2 is 1.85 bits per heavy atom. The minimum absolute atomic E-state index is 0.0298. The number of rotatable bonds is 5. The minimum Gasteiger partial charge on any atom is -0.382 e. The van der Waals surface area contributed by atoms with Crippen molar-refractivity contribution >= 4 is 40.8 Å². The van der Waals surface area contributed by atoms with Crippen LogP contribution >= 0.6 is 23.4 Å². The Bertz CT molecular complexity index is 1020. The maximum absolute atomic E-state index is 12.3. The molecule has 0 aliphatic rings. The van der Waals surface area contributed by atoms with Gasteiger partial charge in [-0.05, 0) is 36.8 Å². The fourth-order valence-corrected chi connectivity index (χ4v) is 3.23. The number of aromatic nitrogens is 2. The van der Waals surface area contributed by atoms with Crippen molar-refractivity contribution in [3.8, 4) is 0 Å². The number of amides is 1. The third-order valence-electron chi connectivity index (χ3n) is 3.77. The quantitative estimate of drug-likeness (QED) is 0.446. The van der Waals surface area contributed by atoms with Crippen LogP contribution in [0.25, 0.3) is 0 Å². The molecule has 0 saturated heterocycles. The molecule has 0 aliphatic carbocycles. The van der Waals surface area contributed by atoms with Gasteiger partial charge in [-0.3, -0.25) is 14.6 Å². The Hall–Kier alpha value is -2.77. The van der Waals surface area contributed by atoms with Gasteiger partial charge in [0.2, 0.25) is 0 Å². The van der Waals surface area contributed by atoms with Crippen LogP contribution in [0.5, 0.6) is 0 Å². The van der Waals surface area contributed by atoms with Crippen LogP contribution in [0, 0.1) is 6.92 Å². The lowest BCUT2D eigenvalue weighted by Crippen LogP contribution is -2.23. The summed E-state index contributed by atoms with van der Waals surface area (Å²) in [6.45, 7) is 1.93. The van der Waals surface area contributed by atoms with Crippen LogP contribution in [0.3, 0.4) is 0 Å². The van der Waals surface area contributed by atoms with Crippen molar-refractivity contribution in [1.29, 1.82) is 0 Å². The van der Waals surface area contributed by atoms with Crippen LogP contribution in [0.1, 0.15) is 21.5 Å². The van der Waals surface area contributed by atoms with Gasteiger partial charge in [-0.25, -0.2) is 4.98 Å². The third-order valence-corrected chi connectivity index (χ3v) is 4.96. The van der Waals surface area contributed by atoms with Gasteiger partial charge in [0.1, 0.15) is 5.69 Å². The predicted molar refractivity (Wildman–Crippen MR) is 109 cm³/mol. The first-order chi connectivity index (χ1) is 12.9. The number of nitrogens with two attached hydrogens (primary N) is 1. The summed E-state index contributed by atoms with van der Waals surface area (Å²) in [5, 5.41) is 3.56. The molecule has 0 fully saturated rings. The Kier molecular flexibility index (Phi) is 5.83. The lowest BCUT2D eigenvalue weighted by molar-refractivity contribution is 0.102. The summed E-state index contributed by atoms with van der Waals surface area (Å²) in [7, 11) is 0. The van der Waals surface area contributed by atoms with Crippen LogP contribution in [-0.2, 0) is 5.75 Å². The molecule has 4 N–H and O–H groups in total. The van der Waals surface area contributed by atoms with Crippen molar-refractivity contribution < 1.29 is 4.79 Å². The largest absolute Gasteiger partial charge is 0.382 e. The molecular weight excluding hydrogens is 384 g/mol. The van der Waals surface area contributed by atoms with E-state index in [0.717, 1.165) is 11.1 Å². The summed E-state index contributed by atoms with van der Waals surface area (Å²) >= 11 is 7.19. The molecule has 0 unspecified atom stereocenters. The number of H-pyrrole nitrogens is 1. The summed E-state index contributed by atoms with van der Waals surface area (Å²) in [6.07, 6.45) is 0. The number of anilines is 2. The zero-order chi connectivity index (χ0) is 19.4. The predicted octanol–water partition coefficient (Wildman–Crippen LogP) is 3.86. The second-order valence-electron chi connectivity index (χ2n) is 5.87. The molecule has 1 amide bonds. The Morgan fingerprint density at radius 1 is 1.19 bits per heavy atom. The first-order valence-corrected chi connectivity index (χ1v) is 9.44. The maximum atomic E-state index is 12.3. The second-order valence-corrected chi connectivity index (χ2v) is 7.27. The molecule has 3 rings (SSSR count). The van der Waals surface area contributed by atoms with Crippen LogP contribution < -0.4 is 16.6 Å². The van der Waals surface area contributed by atoms with E-state index in [1.54, 1.807) is 24.3 Å². The normalized spacial score (nSPS) is 10.6. The first-order valence-electron chi connectivity index (χ1n) is 8.07. The summed E-state index contributed by atoms with van der Waals surface area (Å²) in [5.74, 6) is 0.141. The molecule has 0 atom stereocenters. The van der Waals surface area contributed by atoms with Crippen molar-refractivity contribution in [3.63, 3.8) is 0 Å². The summed E-state index contributed by atoms with van der Waals surface area (Å²) in [6, 6.07) is 14.4. The second kappa shape index (κ2) is 8.28. The summed E-state index contributed by atoms with van der Waals surface area (Å²) in [4.78, 5) is 31.4. The van der Waals surface area contributed by atoms with Gasteiger partial charge >= 0.3 is 0 Å². The highest BCUT2D eigenvalue weighted by Gasteiger charge is 2.14. The number of aryl methyl sites for hydroxylation is 1. The van der Waals surface area contributed by atoms with E-state index in [1.165, 1.54) is 11.8 Å². The van der Waals surface area contributed by atoms with Gasteiger partial charge in [-0.2, -0.15) is 0 Å². The number of aromatic amines is 1.